The van der Waals surface area contributed by atoms with E-state index in [-0.39, 0.29) is 6.10 Å². The van der Waals surface area contributed by atoms with Gasteiger partial charge in [0.1, 0.15) is 0 Å². The molecule has 0 heterocycles. The zero-order valence-electron chi connectivity index (χ0n) is 8.39. The largest absolute Gasteiger partial charge is 0.393 e. The summed E-state index contributed by atoms with van der Waals surface area (Å²) in [5, 5.41) is 9.41. The van der Waals surface area contributed by atoms with E-state index in [4.69, 9.17) is 0 Å². The third kappa shape index (κ3) is 2.01. The summed E-state index contributed by atoms with van der Waals surface area (Å²) in [5.74, 6) is 0. The molecule has 0 aromatic heterocycles. The molecule has 0 saturated carbocycles. The summed E-state index contributed by atoms with van der Waals surface area (Å²) >= 11 is 3.52. The molecule has 0 amide bonds. The molecule has 2 heteroatoms. The molecule has 1 atom stereocenters. The van der Waals surface area contributed by atoms with Crippen LogP contribution in [0.1, 0.15) is 30.0 Å². The van der Waals surface area contributed by atoms with E-state index in [2.05, 4.69) is 28.1 Å². The van der Waals surface area contributed by atoms with Gasteiger partial charge in [-0.2, -0.15) is 0 Å². The minimum absolute atomic E-state index is 0.242. The predicted octanol–water partition coefficient (Wildman–Crippen LogP) is 2.86. The van der Waals surface area contributed by atoms with Crippen molar-refractivity contribution in [1.29, 1.82) is 0 Å². The highest BCUT2D eigenvalue weighted by molar-refractivity contribution is 9.10. The van der Waals surface area contributed by atoms with Gasteiger partial charge in [0.05, 0.1) is 6.10 Å². The van der Waals surface area contributed by atoms with E-state index in [9.17, 15) is 5.11 Å². The average molecular weight is 255 g/mol. The zero-order chi connectivity index (χ0) is 10.1. The molecule has 14 heavy (non-hydrogen) atoms. The van der Waals surface area contributed by atoms with Crippen LogP contribution >= 0.6 is 15.9 Å². The van der Waals surface area contributed by atoms with Crippen LogP contribution in [0.25, 0.3) is 0 Å². The van der Waals surface area contributed by atoms with Crippen molar-refractivity contribution < 1.29 is 5.11 Å². The van der Waals surface area contributed by atoms with Crippen molar-refractivity contribution in [3.8, 4) is 0 Å². The Morgan fingerprint density at radius 1 is 1.43 bits per heavy atom. The van der Waals surface area contributed by atoms with Crippen LogP contribution < -0.4 is 0 Å². The first-order valence-electron chi connectivity index (χ1n) is 5.15. The summed E-state index contributed by atoms with van der Waals surface area (Å²) in [6, 6.07) is 4.37. The van der Waals surface area contributed by atoms with Crippen LogP contribution in [0.4, 0.5) is 0 Å². The second-order valence-electron chi connectivity index (χ2n) is 4.11. The van der Waals surface area contributed by atoms with Gasteiger partial charge >= 0.3 is 0 Å². The fourth-order valence-corrected chi connectivity index (χ4v) is 2.81. The Kier molecular flexibility index (Phi) is 2.93. The van der Waals surface area contributed by atoms with E-state index in [0.717, 1.165) is 10.9 Å². The van der Waals surface area contributed by atoms with Gasteiger partial charge in [-0.3, -0.25) is 0 Å². The van der Waals surface area contributed by atoms with Crippen molar-refractivity contribution in [3.05, 3.63) is 33.3 Å². The minimum Gasteiger partial charge on any atom is -0.393 e. The number of aliphatic hydroxyl groups excluding tert-OH is 1. The summed E-state index contributed by atoms with van der Waals surface area (Å²) in [7, 11) is 0. The highest BCUT2D eigenvalue weighted by Gasteiger charge is 2.16. The molecule has 1 nitrogen and oxygen atoms in total. The van der Waals surface area contributed by atoms with Crippen LogP contribution in [0.5, 0.6) is 0 Å². The minimum atomic E-state index is -0.242. The van der Waals surface area contributed by atoms with E-state index in [1.54, 1.807) is 0 Å². The lowest BCUT2D eigenvalue weighted by molar-refractivity contribution is 0.195. The fourth-order valence-electron chi connectivity index (χ4n) is 2.26. The van der Waals surface area contributed by atoms with Gasteiger partial charge in [0.15, 0.2) is 0 Å². The molecule has 2 rings (SSSR count). The second kappa shape index (κ2) is 4.03. The maximum atomic E-state index is 9.41. The molecule has 0 fully saturated rings. The Morgan fingerprint density at radius 3 is 2.93 bits per heavy atom. The first kappa shape index (κ1) is 10.2. The van der Waals surface area contributed by atoms with Gasteiger partial charge in [-0.25, -0.2) is 0 Å². The van der Waals surface area contributed by atoms with Crippen molar-refractivity contribution in [2.45, 2.75) is 38.7 Å². The average Bonchev–Trinajstić information content (AvgIpc) is 2.50. The first-order chi connectivity index (χ1) is 6.66. The standard InChI is InChI=1S/C12H15BrO/c1-8(14)5-10-7-11(13)6-9-3-2-4-12(9)10/h6-8,14H,2-5H2,1H3. The molecule has 1 unspecified atom stereocenters. The van der Waals surface area contributed by atoms with Gasteiger partial charge in [-0.1, -0.05) is 15.9 Å². The molecule has 0 saturated heterocycles. The molecule has 0 bridgehead atoms. The van der Waals surface area contributed by atoms with E-state index in [1.807, 2.05) is 6.92 Å². The third-order valence-electron chi connectivity index (χ3n) is 2.79. The Morgan fingerprint density at radius 2 is 2.21 bits per heavy atom. The Labute approximate surface area is 93.3 Å². The van der Waals surface area contributed by atoms with Gasteiger partial charge < -0.3 is 5.11 Å². The Balaban J connectivity index is 2.38. The molecule has 1 aliphatic carbocycles. The number of halogens is 1. The summed E-state index contributed by atoms with van der Waals surface area (Å²) in [5.41, 5.74) is 4.27. The van der Waals surface area contributed by atoms with Crippen LogP contribution in [0.3, 0.4) is 0 Å². The number of hydrogen-bond donors (Lipinski definition) is 1. The number of hydrogen-bond acceptors (Lipinski definition) is 1. The number of benzene rings is 1. The smallest absolute Gasteiger partial charge is 0.0552 e. The molecule has 0 aliphatic heterocycles. The van der Waals surface area contributed by atoms with Crippen LogP contribution in [-0.2, 0) is 19.3 Å². The maximum absolute atomic E-state index is 9.41. The van der Waals surface area contributed by atoms with Gasteiger partial charge in [0, 0.05) is 4.47 Å². The van der Waals surface area contributed by atoms with Crippen molar-refractivity contribution in [1.82, 2.24) is 0 Å². The summed E-state index contributed by atoms with van der Waals surface area (Å²) in [6.07, 6.45) is 4.18. The van der Waals surface area contributed by atoms with Crippen molar-refractivity contribution >= 4 is 15.9 Å². The lowest BCUT2D eigenvalue weighted by atomic mass is 9.99. The summed E-state index contributed by atoms with van der Waals surface area (Å²) in [4.78, 5) is 0. The van der Waals surface area contributed by atoms with E-state index in [1.165, 1.54) is 36.0 Å². The monoisotopic (exact) mass is 254 g/mol. The lowest BCUT2D eigenvalue weighted by Crippen LogP contribution is -2.06. The van der Waals surface area contributed by atoms with Crippen LogP contribution in [0.15, 0.2) is 16.6 Å². The normalized spacial score (nSPS) is 16.8. The molecular formula is C12H15BrO. The molecular weight excluding hydrogens is 240 g/mol. The maximum Gasteiger partial charge on any atom is 0.0552 e. The molecule has 0 radical (unpaired) electrons. The number of aliphatic hydroxyl groups is 1. The lowest BCUT2D eigenvalue weighted by Gasteiger charge is -2.11. The number of fused-ring (bicyclic) bond motifs is 1. The molecule has 1 aromatic rings. The van der Waals surface area contributed by atoms with Crippen LogP contribution in [0.2, 0.25) is 0 Å². The second-order valence-corrected chi connectivity index (χ2v) is 5.02. The van der Waals surface area contributed by atoms with Crippen LogP contribution in [-0.4, -0.2) is 11.2 Å². The number of aryl methyl sites for hydroxylation is 1. The van der Waals surface area contributed by atoms with E-state index < -0.39 is 0 Å². The van der Waals surface area contributed by atoms with Crippen molar-refractivity contribution in [2.24, 2.45) is 0 Å². The quantitative estimate of drug-likeness (QED) is 0.861. The summed E-state index contributed by atoms with van der Waals surface area (Å²) in [6.45, 7) is 1.85. The fraction of sp³-hybridized carbons (Fsp3) is 0.500. The van der Waals surface area contributed by atoms with Crippen molar-refractivity contribution in [2.75, 3.05) is 0 Å². The van der Waals surface area contributed by atoms with Gasteiger partial charge in [-0.15, -0.1) is 0 Å². The van der Waals surface area contributed by atoms with Crippen molar-refractivity contribution in [3.63, 3.8) is 0 Å². The van der Waals surface area contributed by atoms with E-state index in [0.29, 0.717) is 0 Å². The topological polar surface area (TPSA) is 20.2 Å². The van der Waals surface area contributed by atoms with Gasteiger partial charge in [0.2, 0.25) is 0 Å². The predicted molar refractivity (Wildman–Crippen MR) is 61.6 cm³/mol. The molecule has 0 spiro atoms. The van der Waals surface area contributed by atoms with Gasteiger partial charge in [-0.05, 0) is 61.4 Å². The molecule has 1 aromatic carbocycles. The highest BCUT2D eigenvalue weighted by atomic mass is 79.9. The Hall–Kier alpha value is -0.340. The number of rotatable bonds is 2. The SMILES string of the molecule is CC(O)Cc1cc(Br)cc2c1CCC2. The Bertz CT molecular complexity index is 344. The van der Waals surface area contributed by atoms with Crippen LogP contribution in [0, 0.1) is 0 Å². The summed E-state index contributed by atoms with van der Waals surface area (Å²) < 4.78 is 1.15. The molecule has 1 aliphatic rings. The first-order valence-corrected chi connectivity index (χ1v) is 5.94. The van der Waals surface area contributed by atoms with E-state index >= 15 is 0 Å². The third-order valence-corrected chi connectivity index (χ3v) is 3.25. The van der Waals surface area contributed by atoms with Gasteiger partial charge in [0.25, 0.3) is 0 Å². The zero-order valence-corrected chi connectivity index (χ0v) is 9.97. The molecule has 1 N–H and O–H groups in total. The highest BCUT2D eigenvalue weighted by Crippen LogP contribution is 2.29. The molecule has 76 valence electrons.